The maximum atomic E-state index is 9.02. The average molecular weight is 300 g/mol. The van der Waals surface area contributed by atoms with Crippen LogP contribution in [-0.2, 0) is 0 Å². The highest BCUT2D eigenvalue weighted by Crippen LogP contribution is 2.23. The second kappa shape index (κ2) is 14.1. The van der Waals surface area contributed by atoms with E-state index in [1.165, 1.54) is 16.7 Å². The second-order valence-corrected chi connectivity index (χ2v) is 4.97. The minimum Gasteiger partial charge on any atom is -0.192 e. The molecule has 0 radical (unpaired) electrons. The summed E-state index contributed by atoms with van der Waals surface area (Å²) in [6.45, 7) is 17.9. The summed E-state index contributed by atoms with van der Waals surface area (Å²) in [4.78, 5) is 0. The summed E-state index contributed by atoms with van der Waals surface area (Å²) in [5.74, 6) is 0. The molecule has 1 nitrogen and oxygen atoms in total. The van der Waals surface area contributed by atoms with Crippen molar-refractivity contribution < 1.29 is 0 Å². The van der Waals surface area contributed by atoms with Crippen molar-refractivity contribution in [3.8, 4) is 6.07 Å². The van der Waals surface area contributed by atoms with Crippen LogP contribution in [0.2, 0.25) is 0 Å². The van der Waals surface area contributed by atoms with Gasteiger partial charge < -0.3 is 0 Å². The van der Waals surface area contributed by atoms with Crippen LogP contribution in [0.15, 0.2) is 30.9 Å². The number of nitrogens with zero attached hydrogens (tertiary/aromatic N) is 1. The molecule has 1 heteroatoms. The minimum absolute atomic E-state index is 0.782. The first-order chi connectivity index (χ1) is 10.5. The molecule has 1 rings (SSSR count). The lowest BCUT2D eigenvalue weighted by molar-refractivity contribution is 0.959. The monoisotopic (exact) mass is 299 g/mol. The molecule has 0 heterocycles. The Kier molecular flexibility index (Phi) is 14.4. The maximum Gasteiger partial charge on any atom is 0.0994 e. The van der Waals surface area contributed by atoms with Crippen molar-refractivity contribution >= 4 is 5.57 Å². The maximum absolute atomic E-state index is 9.02. The Labute approximate surface area is 138 Å². The van der Waals surface area contributed by atoms with E-state index in [9.17, 15) is 0 Å². The quantitative estimate of drug-likeness (QED) is 0.550. The Morgan fingerprint density at radius 1 is 1.18 bits per heavy atom. The van der Waals surface area contributed by atoms with E-state index in [0.29, 0.717) is 0 Å². The first-order valence-corrected chi connectivity index (χ1v) is 8.31. The van der Waals surface area contributed by atoms with E-state index >= 15 is 0 Å². The number of benzene rings is 1. The predicted molar refractivity (Wildman–Crippen MR) is 101 cm³/mol. The third-order valence-corrected chi connectivity index (χ3v) is 3.14. The zero-order valence-electron chi connectivity index (χ0n) is 15.6. The van der Waals surface area contributed by atoms with Crippen molar-refractivity contribution in [2.45, 2.75) is 67.7 Å². The highest BCUT2D eigenvalue weighted by Gasteiger charge is 2.05. The van der Waals surface area contributed by atoms with Gasteiger partial charge in [-0.2, -0.15) is 5.26 Å². The molecule has 0 bridgehead atoms. The van der Waals surface area contributed by atoms with Gasteiger partial charge in [-0.1, -0.05) is 52.3 Å². The fourth-order valence-electron chi connectivity index (χ4n) is 1.87. The summed E-state index contributed by atoms with van der Waals surface area (Å²) in [6.07, 6.45) is 7.47. The van der Waals surface area contributed by atoms with Crippen molar-refractivity contribution in [2.24, 2.45) is 0 Å². The molecule has 1 aromatic carbocycles. The van der Waals surface area contributed by atoms with Gasteiger partial charge in [-0.3, -0.25) is 0 Å². The van der Waals surface area contributed by atoms with Gasteiger partial charge >= 0.3 is 0 Å². The lowest BCUT2D eigenvalue weighted by atomic mass is 9.95. The van der Waals surface area contributed by atoms with Crippen LogP contribution in [0.4, 0.5) is 0 Å². The fraction of sp³-hybridized carbons (Fsp3) is 0.476. The molecule has 0 saturated carbocycles. The van der Waals surface area contributed by atoms with Gasteiger partial charge in [0.05, 0.1) is 11.6 Å². The number of nitriles is 1. The Morgan fingerprint density at radius 2 is 1.73 bits per heavy atom. The van der Waals surface area contributed by atoms with E-state index in [0.717, 1.165) is 30.4 Å². The summed E-state index contributed by atoms with van der Waals surface area (Å²) in [7, 11) is 0. The number of allylic oxidation sites excluding steroid dienone is 3. The molecule has 0 aromatic heterocycles. The molecule has 0 atom stereocenters. The molecule has 0 saturated heterocycles. The lowest BCUT2D eigenvalue weighted by Gasteiger charge is -2.09. The molecule has 22 heavy (non-hydrogen) atoms. The summed E-state index contributed by atoms with van der Waals surface area (Å²) in [5.41, 5.74) is 5.57. The Morgan fingerprint density at radius 3 is 2.14 bits per heavy atom. The number of hydrogen-bond donors (Lipinski definition) is 0. The van der Waals surface area contributed by atoms with Crippen LogP contribution in [0.3, 0.4) is 0 Å². The SMILES string of the molecule is C=CCC.CC.CCC/C=C(/C)c1cc(C#N)c(C)cc1C. The van der Waals surface area contributed by atoms with Crippen LogP contribution in [0.5, 0.6) is 0 Å². The first-order valence-electron chi connectivity index (χ1n) is 8.31. The molecular weight excluding hydrogens is 266 g/mol. The van der Waals surface area contributed by atoms with Gasteiger partial charge in [-0.25, -0.2) is 0 Å². The summed E-state index contributed by atoms with van der Waals surface area (Å²) >= 11 is 0. The van der Waals surface area contributed by atoms with Crippen molar-refractivity contribution in [3.63, 3.8) is 0 Å². The molecule has 0 amide bonds. The van der Waals surface area contributed by atoms with E-state index < -0.39 is 0 Å². The van der Waals surface area contributed by atoms with E-state index in [2.05, 4.69) is 52.5 Å². The number of rotatable bonds is 4. The normalized spacial score (nSPS) is 9.64. The molecule has 0 aliphatic carbocycles. The molecule has 0 aliphatic heterocycles. The van der Waals surface area contributed by atoms with E-state index in [1.807, 2.05) is 32.9 Å². The molecule has 0 N–H and O–H groups in total. The van der Waals surface area contributed by atoms with Gasteiger partial charge in [0.1, 0.15) is 0 Å². The summed E-state index contributed by atoms with van der Waals surface area (Å²) < 4.78 is 0. The number of hydrogen-bond acceptors (Lipinski definition) is 1. The largest absolute Gasteiger partial charge is 0.192 e. The van der Waals surface area contributed by atoms with Crippen LogP contribution in [0.1, 0.15) is 76.1 Å². The molecule has 122 valence electrons. The van der Waals surface area contributed by atoms with Crippen LogP contribution >= 0.6 is 0 Å². The van der Waals surface area contributed by atoms with Gasteiger partial charge in [-0.15, -0.1) is 6.58 Å². The molecule has 0 fully saturated rings. The van der Waals surface area contributed by atoms with Gasteiger partial charge in [0.2, 0.25) is 0 Å². The van der Waals surface area contributed by atoms with Crippen molar-refractivity contribution in [3.05, 3.63) is 53.1 Å². The van der Waals surface area contributed by atoms with Crippen molar-refractivity contribution in [1.82, 2.24) is 0 Å². The minimum atomic E-state index is 0.782. The summed E-state index contributed by atoms with van der Waals surface area (Å²) in [5, 5.41) is 9.02. The van der Waals surface area contributed by atoms with Crippen LogP contribution < -0.4 is 0 Å². The Bertz CT molecular complexity index is 501. The fourth-order valence-corrected chi connectivity index (χ4v) is 1.87. The smallest absolute Gasteiger partial charge is 0.0994 e. The topological polar surface area (TPSA) is 23.8 Å². The zero-order valence-corrected chi connectivity index (χ0v) is 15.6. The standard InChI is InChI=1S/C15H19N.C4H8.C2H6/c1-5-6-7-11(2)15-9-14(10-16)12(3)8-13(15)4;1-3-4-2;1-2/h7-9H,5-6H2,1-4H3;3H,1,4H2,2H3;1-2H3/b11-7-;;. The van der Waals surface area contributed by atoms with Gasteiger partial charge in [-0.05, 0) is 61.9 Å². The van der Waals surface area contributed by atoms with Gasteiger partial charge in [0.25, 0.3) is 0 Å². The average Bonchev–Trinajstić information content (AvgIpc) is 2.55. The highest BCUT2D eigenvalue weighted by molar-refractivity contribution is 5.68. The van der Waals surface area contributed by atoms with Crippen LogP contribution in [-0.4, -0.2) is 0 Å². The van der Waals surface area contributed by atoms with Crippen LogP contribution in [0, 0.1) is 25.2 Å². The molecule has 0 spiro atoms. The third kappa shape index (κ3) is 8.47. The molecule has 0 aliphatic rings. The van der Waals surface area contributed by atoms with E-state index in [-0.39, 0.29) is 0 Å². The number of aryl methyl sites for hydroxylation is 2. The molecular formula is C21H33N. The number of unbranched alkanes of at least 4 members (excludes halogenated alkanes) is 1. The van der Waals surface area contributed by atoms with Gasteiger partial charge in [0.15, 0.2) is 0 Å². The molecule has 0 unspecified atom stereocenters. The Hall–Kier alpha value is -1.81. The zero-order chi connectivity index (χ0) is 17.5. The summed E-state index contributed by atoms with van der Waals surface area (Å²) in [6, 6.07) is 6.35. The predicted octanol–water partition coefficient (Wildman–Crippen LogP) is 6.99. The van der Waals surface area contributed by atoms with Crippen LogP contribution in [0.25, 0.3) is 5.57 Å². The van der Waals surface area contributed by atoms with Crippen molar-refractivity contribution in [1.29, 1.82) is 5.26 Å². The first kappa shape index (κ1) is 22.5. The lowest BCUT2D eigenvalue weighted by Crippen LogP contribution is -1.91. The van der Waals surface area contributed by atoms with E-state index in [4.69, 9.17) is 5.26 Å². The highest BCUT2D eigenvalue weighted by atomic mass is 14.2. The van der Waals surface area contributed by atoms with E-state index in [1.54, 1.807) is 0 Å². The van der Waals surface area contributed by atoms with Crippen molar-refractivity contribution in [2.75, 3.05) is 0 Å². The third-order valence-electron chi connectivity index (χ3n) is 3.14. The Balaban J connectivity index is 0. The van der Waals surface area contributed by atoms with Gasteiger partial charge in [0, 0.05) is 0 Å². The molecule has 1 aromatic rings. The second-order valence-electron chi connectivity index (χ2n) is 4.97.